The molecule has 19 heavy (non-hydrogen) atoms. The smallest absolute Gasteiger partial charge is 0.254 e. The molecule has 2 rings (SSSR count). The Morgan fingerprint density at radius 2 is 2.00 bits per heavy atom. The second-order valence-corrected chi connectivity index (χ2v) is 4.59. The maximum Gasteiger partial charge on any atom is 0.254 e. The van der Waals surface area contributed by atoms with E-state index in [0.29, 0.717) is 0 Å². The summed E-state index contributed by atoms with van der Waals surface area (Å²) in [6.07, 6.45) is 1.05. The Morgan fingerprint density at radius 3 is 2.74 bits per heavy atom. The zero-order valence-corrected chi connectivity index (χ0v) is 11.2. The Kier molecular flexibility index (Phi) is 4.21. The van der Waals surface area contributed by atoms with Gasteiger partial charge in [-0.15, -0.1) is 0 Å². The van der Waals surface area contributed by atoms with Crippen molar-refractivity contribution in [3.63, 3.8) is 0 Å². The second-order valence-electron chi connectivity index (χ2n) is 3.74. The molecular weight excluding hydrogens is 318 g/mol. The van der Waals surface area contributed by atoms with Gasteiger partial charge in [0.05, 0.1) is 5.56 Å². The topological polar surface area (TPSA) is 42.0 Å². The first-order valence-corrected chi connectivity index (χ1v) is 6.20. The van der Waals surface area contributed by atoms with E-state index in [-0.39, 0.29) is 12.1 Å². The number of amides is 1. The highest BCUT2D eigenvalue weighted by Crippen LogP contribution is 2.16. The zero-order valence-electron chi connectivity index (χ0n) is 9.66. The van der Waals surface area contributed by atoms with Crippen LogP contribution in [0.3, 0.4) is 0 Å². The van der Waals surface area contributed by atoms with Crippen molar-refractivity contribution in [1.29, 1.82) is 0 Å². The van der Waals surface area contributed by atoms with Crippen LogP contribution in [-0.4, -0.2) is 10.9 Å². The van der Waals surface area contributed by atoms with Crippen molar-refractivity contribution in [3.8, 4) is 0 Å². The van der Waals surface area contributed by atoms with Crippen LogP contribution in [-0.2, 0) is 6.54 Å². The van der Waals surface area contributed by atoms with E-state index >= 15 is 0 Å². The molecule has 1 aromatic heterocycles. The number of hydrogen-bond donors (Lipinski definition) is 1. The first-order valence-electron chi connectivity index (χ1n) is 5.41. The summed E-state index contributed by atoms with van der Waals surface area (Å²) in [5.41, 5.74) is 0.477. The average molecular weight is 327 g/mol. The molecule has 1 amide bonds. The molecule has 0 aliphatic carbocycles. The van der Waals surface area contributed by atoms with Gasteiger partial charge in [0, 0.05) is 17.2 Å². The van der Waals surface area contributed by atoms with Crippen LogP contribution in [0.1, 0.15) is 15.9 Å². The Balaban J connectivity index is 2.10. The quantitative estimate of drug-likeness (QED) is 0.881. The lowest BCUT2D eigenvalue weighted by atomic mass is 10.2. The highest BCUT2D eigenvalue weighted by atomic mass is 79.9. The number of benzene rings is 1. The van der Waals surface area contributed by atoms with Crippen molar-refractivity contribution in [2.75, 3.05) is 0 Å². The molecule has 0 atom stereocenters. The third-order valence-electron chi connectivity index (χ3n) is 2.49. The summed E-state index contributed by atoms with van der Waals surface area (Å²) < 4.78 is 27.1. The fourth-order valence-corrected chi connectivity index (χ4v) is 1.93. The normalized spacial score (nSPS) is 10.3. The average Bonchev–Trinajstić information content (AvgIpc) is 2.40. The molecule has 1 N–H and O–H groups in total. The van der Waals surface area contributed by atoms with Gasteiger partial charge in [-0.25, -0.2) is 9.37 Å². The van der Waals surface area contributed by atoms with Crippen molar-refractivity contribution >= 4 is 21.8 Å². The molecule has 0 radical (unpaired) electrons. The molecule has 3 nitrogen and oxygen atoms in total. The van der Waals surface area contributed by atoms with Crippen molar-refractivity contribution in [3.05, 3.63) is 63.9 Å². The molecular formula is C13H9BrF2N2O. The lowest BCUT2D eigenvalue weighted by molar-refractivity contribution is 0.0945. The van der Waals surface area contributed by atoms with Crippen LogP contribution in [0.5, 0.6) is 0 Å². The maximum atomic E-state index is 13.3. The summed E-state index contributed by atoms with van der Waals surface area (Å²) in [6.45, 7) is 0.212. The minimum Gasteiger partial charge on any atom is -0.348 e. The molecule has 1 heterocycles. The summed E-state index contributed by atoms with van der Waals surface area (Å²) in [5.74, 6) is -3.21. The number of pyridine rings is 1. The van der Waals surface area contributed by atoms with Crippen LogP contribution < -0.4 is 5.32 Å². The van der Waals surface area contributed by atoms with E-state index in [1.807, 2.05) is 24.3 Å². The summed E-state index contributed by atoms with van der Waals surface area (Å²) in [5, 5.41) is 2.52. The Bertz CT molecular complexity index is 619. The monoisotopic (exact) mass is 326 g/mol. The molecule has 0 fully saturated rings. The van der Waals surface area contributed by atoms with Crippen LogP contribution in [0.15, 0.2) is 41.0 Å². The van der Waals surface area contributed by atoms with Crippen LogP contribution in [0.25, 0.3) is 0 Å². The van der Waals surface area contributed by atoms with E-state index in [0.717, 1.165) is 22.3 Å². The molecule has 0 saturated heterocycles. The fourth-order valence-electron chi connectivity index (χ4n) is 1.51. The van der Waals surface area contributed by atoms with Crippen molar-refractivity contribution in [2.45, 2.75) is 6.54 Å². The number of rotatable bonds is 3. The number of nitrogens with zero attached hydrogens (tertiary/aromatic N) is 1. The van der Waals surface area contributed by atoms with Gasteiger partial charge in [-0.05, 0) is 17.7 Å². The number of nitrogens with one attached hydrogen (secondary N) is 1. The summed E-state index contributed by atoms with van der Waals surface area (Å²) >= 11 is 3.33. The highest BCUT2D eigenvalue weighted by Gasteiger charge is 2.15. The predicted octanol–water partition coefficient (Wildman–Crippen LogP) is 3.05. The number of aromatic nitrogens is 1. The first-order chi connectivity index (χ1) is 9.09. The van der Waals surface area contributed by atoms with E-state index in [9.17, 15) is 13.6 Å². The molecule has 1 aromatic carbocycles. The van der Waals surface area contributed by atoms with Gasteiger partial charge < -0.3 is 5.32 Å². The van der Waals surface area contributed by atoms with Gasteiger partial charge >= 0.3 is 0 Å². The molecule has 98 valence electrons. The van der Waals surface area contributed by atoms with Crippen LogP contribution in [0.4, 0.5) is 8.78 Å². The lowest BCUT2D eigenvalue weighted by Crippen LogP contribution is -2.24. The molecule has 0 spiro atoms. The minimum atomic E-state index is -1.28. The van der Waals surface area contributed by atoms with E-state index in [1.54, 1.807) is 0 Å². The van der Waals surface area contributed by atoms with Gasteiger partial charge in [-0.2, -0.15) is 4.39 Å². The van der Waals surface area contributed by atoms with Gasteiger partial charge in [0.2, 0.25) is 5.95 Å². The van der Waals surface area contributed by atoms with Gasteiger partial charge in [0.15, 0.2) is 5.82 Å². The van der Waals surface area contributed by atoms with Gasteiger partial charge in [-0.3, -0.25) is 4.79 Å². The summed E-state index contributed by atoms with van der Waals surface area (Å²) in [4.78, 5) is 14.9. The van der Waals surface area contributed by atoms with E-state index < -0.39 is 17.7 Å². The van der Waals surface area contributed by atoms with E-state index in [4.69, 9.17) is 0 Å². The lowest BCUT2D eigenvalue weighted by Gasteiger charge is -2.07. The predicted molar refractivity (Wildman–Crippen MR) is 69.5 cm³/mol. The van der Waals surface area contributed by atoms with Gasteiger partial charge in [-0.1, -0.05) is 34.1 Å². The highest BCUT2D eigenvalue weighted by molar-refractivity contribution is 9.10. The SMILES string of the molecule is O=C(NCc1ccccc1Br)c1ccnc(F)c1F. The minimum absolute atomic E-state index is 0.212. The Hall–Kier alpha value is -1.82. The molecule has 0 saturated carbocycles. The van der Waals surface area contributed by atoms with Gasteiger partial charge in [0.25, 0.3) is 5.91 Å². The Labute approximate surface area is 116 Å². The number of hydrogen-bond acceptors (Lipinski definition) is 2. The first kappa shape index (κ1) is 13.6. The molecule has 0 unspecified atom stereocenters. The summed E-state index contributed by atoms with van der Waals surface area (Å²) in [7, 11) is 0. The number of carbonyl (C=O) groups excluding carboxylic acids is 1. The third-order valence-corrected chi connectivity index (χ3v) is 3.26. The second kappa shape index (κ2) is 5.88. The number of carbonyl (C=O) groups is 1. The number of halogens is 3. The Morgan fingerprint density at radius 1 is 1.26 bits per heavy atom. The van der Waals surface area contributed by atoms with Crippen molar-refractivity contribution in [1.82, 2.24) is 10.3 Å². The molecule has 0 aliphatic heterocycles. The standard InChI is InChI=1S/C13H9BrF2N2O/c14-10-4-2-1-3-8(10)7-18-13(19)9-5-6-17-12(16)11(9)15/h1-6H,7H2,(H,18,19). The van der Waals surface area contributed by atoms with Crippen molar-refractivity contribution < 1.29 is 13.6 Å². The zero-order chi connectivity index (χ0) is 13.8. The van der Waals surface area contributed by atoms with Gasteiger partial charge in [0.1, 0.15) is 0 Å². The fraction of sp³-hybridized carbons (Fsp3) is 0.0769. The van der Waals surface area contributed by atoms with Crippen molar-refractivity contribution in [2.24, 2.45) is 0 Å². The molecule has 0 aliphatic rings. The molecule has 2 aromatic rings. The van der Waals surface area contributed by atoms with E-state index in [1.165, 1.54) is 0 Å². The van der Waals surface area contributed by atoms with Crippen LogP contribution in [0.2, 0.25) is 0 Å². The van der Waals surface area contributed by atoms with E-state index in [2.05, 4.69) is 26.2 Å². The molecule has 0 bridgehead atoms. The van der Waals surface area contributed by atoms with Crippen LogP contribution >= 0.6 is 15.9 Å². The maximum absolute atomic E-state index is 13.3. The third kappa shape index (κ3) is 3.14. The van der Waals surface area contributed by atoms with Crippen LogP contribution in [0, 0.1) is 11.8 Å². The largest absolute Gasteiger partial charge is 0.348 e. The molecule has 6 heteroatoms. The summed E-state index contributed by atoms with van der Waals surface area (Å²) in [6, 6.07) is 8.43.